The van der Waals surface area contributed by atoms with Gasteiger partial charge in [0, 0.05) is 25.5 Å². The summed E-state index contributed by atoms with van der Waals surface area (Å²) in [7, 11) is 3.66. The van der Waals surface area contributed by atoms with Crippen molar-refractivity contribution in [2.45, 2.75) is 38.7 Å². The molecule has 1 atom stereocenters. The van der Waals surface area contributed by atoms with E-state index in [9.17, 15) is 0 Å². The Labute approximate surface area is 117 Å². The molecule has 0 amide bonds. The molecule has 0 aromatic carbocycles. The zero-order chi connectivity index (χ0) is 13.4. The Hall–Kier alpha value is -1.20. The van der Waals surface area contributed by atoms with Crippen molar-refractivity contribution >= 4 is 27.4 Å². The van der Waals surface area contributed by atoms with Gasteiger partial charge in [0.1, 0.15) is 16.5 Å². The maximum atomic E-state index is 5.30. The minimum absolute atomic E-state index is 0.147. The van der Waals surface area contributed by atoms with Crippen molar-refractivity contribution in [2.75, 3.05) is 19.5 Å². The van der Waals surface area contributed by atoms with Gasteiger partial charge in [0.15, 0.2) is 0 Å². The Kier molecular flexibility index (Phi) is 3.41. The number of fused-ring (bicyclic) bond motifs is 3. The van der Waals surface area contributed by atoms with Gasteiger partial charge >= 0.3 is 0 Å². The monoisotopic (exact) mass is 277 g/mol. The minimum atomic E-state index is 0.147. The van der Waals surface area contributed by atoms with Gasteiger partial charge in [0.25, 0.3) is 0 Å². The molecule has 0 aliphatic heterocycles. The lowest BCUT2D eigenvalue weighted by Crippen LogP contribution is -2.12. The van der Waals surface area contributed by atoms with E-state index in [2.05, 4.69) is 10.3 Å². The summed E-state index contributed by atoms with van der Waals surface area (Å²) < 4.78 is 5.30. The molecule has 0 spiro atoms. The highest BCUT2D eigenvalue weighted by Crippen LogP contribution is 2.39. The summed E-state index contributed by atoms with van der Waals surface area (Å²) >= 11 is 1.83. The third-order valence-electron chi connectivity index (χ3n) is 3.72. The van der Waals surface area contributed by atoms with Crippen molar-refractivity contribution in [1.82, 2.24) is 9.97 Å². The second kappa shape index (κ2) is 5.06. The van der Waals surface area contributed by atoms with E-state index >= 15 is 0 Å². The quantitative estimate of drug-likeness (QED) is 0.933. The normalized spacial score (nSPS) is 15.7. The first-order valence-electron chi connectivity index (χ1n) is 6.74. The van der Waals surface area contributed by atoms with Crippen LogP contribution in [0.5, 0.6) is 0 Å². The number of thiophene rings is 1. The van der Waals surface area contributed by atoms with Gasteiger partial charge in [0.05, 0.1) is 11.5 Å². The van der Waals surface area contributed by atoms with E-state index < -0.39 is 0 Å². The molecule has 4 nitrogen and oxygen atoms in total. The van der Waals surface area contributed by atoms with Crippen LogP contribution >= 0.6 is 11.3 Å². The Morgan fingerprint density at radius 2 is 2.21 bits per heavy atom. The van der Waals surface area contributed by atoms with Gasteiger partial charge in [-0.2, -0.15) is 0 Å². The van der Waals surface area contributed by atoms with Crippen LogP contribution in [0.1, 0.15) is 29.6 Å². The number of ether oxygens (including phenoxy) is 1. The summed E-state index contributed by atoms with van der Waals surface area (Å²) in [4.78, 5) is 12.0. The van der Waals surface area contributed by atoms with Gasteiger partial charge in [-0.05, 0) is 31.7 Å². The van der Waals surface area contributed by atoms with Gasteiger partial charge in [-0.15, -0.1) is 11.3 Å². The van der Waals surface area contributed by atoms with E-state index in [-0.39, 0.29) is 6.10 Å². The number of anilines is 1. The second-order valence-corrected chi connectivity index (χ2v) is 6.11. The van der Waals surface area contributed by atoms with E-state index in [1.807, 2.05) is 25.3 Å². The molecule has 0 saturated heterocycles. The van der Waals surface area contributed by atoms with Gasteiger partial charge in [-0.1, -0.05) is 0 Å². The highest BCUT2D eigenvalue weighted by atomic mass is 32.1. The largest absolute Gasteiger partial charge is 0.381 e. The lowest BCUT2D eigenvalue weighted by Gasteiger charge is -2.10. The van der Waals surface area contributed by atoms with Crippen molar-refractivity contribution in [3.8, 4) is 0 Å². The lowest BCUT2D eigenvalue weighted by molar-refractivity contribution is 0.117. The molecule has 1 aliphatic carbocycles. The van der Waals surface area contributed by atoms with Crippen molar-refractivity contribution in [3.05, 3.63) is 16.3 Å². The summed E-state index contributed by atoms with van der Waals surface area (Å²) in [5.41, 5.74) is 1.47. The number of aromatic nitrogens is 2. The number of aryl methyl sites for hydroxylation is 2. The first-order valence-corrected chi connectivity index (χ1v) is 7.56. The number of hydrogen-bond acceptors (Lipinski definition) is 5. The molecule has 1 N–H and O–H groups in total. The van der Waals surface area contributed by atoms with Crippen LogP contribution in [-0.4, -0.2) is 30.2 Å². The van der Waals surface area contributed by atoms with E-state index in [1.165, 1.54) is 35.1 Å². The summed E-state index contributed by atoms with van der Waals surface area (Å²) in [6.07, 6.45) is 4.53. The molecule has 5 heteroatoms. The maximum Gasteiger partial charge on any atom is 0.138 e. The fourth-order valence-corrected chi connectivity index (χ4v) is 3.93. The van der Waals surface area contributed by atoms with E-state index in [0.717, 1.165) is 22.9 Å². The molecule has 102 valence electrons. The van der Waals surface area contributed by atoms with Crippen LogP contribution < -0.4 is 5.32 Å². The number of nitrogens with one attached hydrogen (secondary N) is 1. The molecule has 2 heterocycles. The molecule has 19 heavy (non-hydrogen) atoms. The molecule has 0 saturated carbocycles. The molecular formula is C14H19N3OS. The molecule has 0 fully saturated rings. The fourth-order valence-electron chi connectivity index (χ4n) is 2.65. The second-order valence-electron chi connectivity index (χ2n) is 5.03. The third kappa shape index (κ3) is 2.21. The molecule has 0 radical (unpaired) electrons. The van der Waals surface area contributed by atoms with Crippen molar-refractivity contribution in [3.63, 3.8) is 0 Å². The summed E-state index contributed by atoms with van der Waals surface area (Å²) in [5.74, 6) is 1.84. The fraction of sp³-hybridized carbons (Fsp3) is 0.571. The standard InChI is InChI=1S/C14H19N3OS/c1-8(18-3)7-11-16-13(15-2)12-9-5-4-6-10(9)19-14(12)17-11/h8H,4-7H2,1-3H3,(H,15,16,17). The van der Waals surface area contributed by atoms with E-state index in [1.54, 1.807) is 7.11 Å². The predicted molar refractivity (Wildman–Crippen MR) is 79.2 cm³/mol. The van der Waals surface area contributed by atoms with E-state index in [4.69, 9.17) is 9.72 Å². The van der Waals surface area contributed by atoms with Crippen LogP contribution in [0.4, 0.5) is 5.82 Å². The van der Waals surface area contributed by atoms with Gasteiger partial charge < -0.3 is 10.1 Å². The average molecular weight is 277 g/mol. The van der Waals surface area contributed by atoms with Crippen molar-refractivity contribution in [1.29, 1.82) is 0 Å². The van der Waals surface area contributed by atoms with Crippen molar-refractivity contribution < 1.29 is 4.74 Å². The van der Waals surface area contributed by atoms with Crippen LogP contribution in [-0.2, 0) is 24.0 Å². The first kappa shape index (κ1) is 12.8. The topological polar surface area (TPSA) is 47.0 Å². The molecule has 3 rings (SSSR count). The first-order chi connectivity index (χ1) is 9.22. The van der Waals surface area contributed by atoms with Crippen molar-refractivity contribution in [2.24, 2.45) is 0 Å². The molecule has 0 bridgehead atoms. The molecule has 1 unspecified atom stereocenters. The predicted octanol–water partition coefficient (Wildman–Crippen LogP) is 2.80. The van der Waals surface area contributed by atoms with Crippen LogP contribution in [0.15, 0.2) is 0 Å². The highest BCUT2D eigenvalue weighted by Gasteiger charge is 2.22. The summed E-state index contributed by atoms with van der Waals surface area (Å²) in [6, 6.07) is 0. The lowest BCUT2D eigenvalue weighted by atomic mass is 10.2. The number of hydrogen-bond donors (Lipinski definition) is 1. The van der Waals surface area contributed by atoms with Crippen LogP contribution in [0, 0.1) is 0 Å². The highest BCUT2D eigenvalue weighted by molar-refractivity contribution is 7.19. The molecular weight excluding hydrogens is 258 g/mol. The zero-order valence-electron chi connectivity index (χ0n) is 11.6. The molecule has 1 aliphatic rings. The third-order valence-corrected chi connectivity index (χ3v) is 4.91. The Morgan fingerprint density at radius 3 is 2.95 bits per heavy atom. The molecule has 2 aromatic rings. The summed E-state index contributed by atoms with van der Waals surface area (Å²) in [5, 5.41) is 4.48. The minimum Gasteiger partial charge on any atom is -0.381 e. The smallest absolute Gasteiger partial charge is 0.138 e. The van der Waals surface area contributed by atoms with Gasteiger partial charge in [0.2, 0.25) is 0 Å². The summed E-state index contributed by atoms with van der Waals surface area (Å²) in [6.45, 7) is 2.04. The van der Waals surface area contributed by atoms with Gasteiger partial charge in [-0.3, -0.25) is 0 Å². The van der Waals surface area contributed by atoms with Gasteiger partial charge in [-0.25, -0.2) is 9.97 Å². The Balaban J connectivity index is 2.09. The Morgan fingerprint density at radius 1 is 1.37 bits per heavy atom. The number of methoxy groups -OCH3 is 1. The number of rotatable bonds is 4. The zero-order valence-corrected chi connectivity index (χ0v) is 12.4. The van der Waals surface area contributed by atoms with E-state index in [0.29, 0.717) is 0 Å². The number of nitrogens with zero attached hydrogens (tertiary/aromatic N) is 2. The maximum absolute atomic E-state index is 5.30. The Bertz CT molecular complexity index is 608. The average Bonchev–Trinajstić information content (AvgIpc) is 2.97. The van der Waals surface area contributed by atoms with Crippen LogP contribution in [0.3, 0.4) is 0 Å². The molecule has 2 aromatic heterocycles. The van der Waals surface area contributed by atoms with Crippen LogP contribution in [0.2, 0.25) is 0 Å². The van der Waals surface area contributed by atoms with Crippen LogP contribution in [0.25, 0.3) is 10.2 Å². The SMILES string of the molecule is CNc1nc(CC(C)OC)nc2sc3c(c12)CCC3.